The van der Waals surface area contributed by atoms with Crippen LogP contribution >= 0.6 is 22.9 Å². The minimum absolute atomic E-state index is 0.337. The molecule has 3 heterocycles. The first-order valence-electron chi connectivity index (χ1n) is 6.77. The van der Waals surface area contributed by atoms with Gasteiger partial charge in [-0.2, -0.15) is 4.98 Å². The van der Waals surface area contributed by atoms with E-state index in [1.165, 1.54) is 17.7 Å². The smallest absolute Gasteiger partial charge is 0.303 e. The number of para-hydroxylation sites is 2. The Kier molecular flexibility index (Phi) is 3.64. The molecule has 8 heteroatoms. The standard InChI is InChI=1S/C15H10ClN5OS/c16-10-7-17-9-19-14(10)21-12-4-2-1-3-11(12)20-15(21)22-8-13-18-5-6-23-13/h1-7,9H,8H2. The summed E-state index contributed by atoms with van der Waals surface area (Å²) in [6.07, 6.45) is 4.73. The molecule has 0 atom stereocenters. The number of benzene rings is 1. The summed E-state index contributed by atoms with van der Waals surface area (Å²) in [5.74, 6) is 0.532. The Morgan fingerprint density at radius 1 is 1.22 bits per heavy atom. The van der Waals surface area contributed by atoms with Gasteiger partial charge in [0.05, 0.1) is 17.2 Å². The van der Waals surface area contributed by atoms with E-state index in [4.69, 9.17) is 16.3 Å². The number of ether oxygens (including phenoxy) is 1. The van der Waals surface area contributed by atoms with Crippen molar-refractivity contribution in [1.82, 2.24) is 24.5 Å². The van der Waals surface area contributed by atoms with Crippen LogP contribution in [0.25, 0.3) is 16.9 Å². The van der Waals surface area contributed by atoms with Gasteiger partial charge in [0.25, 0.3) is 0 Å². The summed E-state index contributed by atoms with van der Waals surface area (Å²) in [7, 11) is 0. The van der Waals surface area contributed by atoms with E-state index in [-0.39, 0.29) is 0 Å². The number of thiazole rings is 1. The fraction of sp³-hybridized carbons (Fsp3) is 0.0667. The third kappa shape index (κ3) is 2.64. The number of aromatic nitrogens is 5. The average Bonchev–Trinajstić information content (AvgIpc) is 3.21. The maximum Gasteiger partial charge on any atom is 0.303 e. The van der Waals surface area contributed by atoms with E-state index in [1.54, 1.807) is 17.0 Å². The lowest BCUT2D eigenvalue weighted by atomic mass is 10.3. The van der Waals surface area contributed by atoms with E-state index >= 15 is 0 Å². The molecule has 0 N–H and O–H groups in total. The topological polar surface area (TPSA) is 65.7 Å². The van der Waals surface area contributed by atoms with E-state index in [0.717, 1.165) is 16.0 Å². The van der Waals surface area contributed by atoms with Crippen LogP contribution in [-0.2, 0) is 6.61 Å². The zero-order valence-corrected chi connectivity index (χ0v) is 13.3. The van der Waals surface area contributed by atoms with Crippen LogP contribution in [0.1, 0.15) is 5.01 Å². The van der Waals surface area contributed by atoms with Gasteiger partial charge in [-0.1, -0.05) is 23.7 Å². The molecule has 1 aromatic carbocycles. The van der Waals surface area contributed by atoms with Crippen molar-refractivity contribution in [3.8, 4) is 11.8 Å². The van der Waals surface area contributed by atoms with Crippen LogP contribution in [0.2, 0.25) is 5.02 Å². The highest BCUT2D eigenvalue weighted by Gasteiger charge is 2.17. The lowest BCUT2D eigenvalue weighted by Crippen LogP contribution is -2.05. The molecule has 4 rings (SSSR count). The van der Waals surface area contributed by atoms with Crippen LogP contribution in [0.4, 0.5) is 0 Å². The van der Waals surface area contributed by atoms with Gasteiger partial charge in [-0.3, -0.25) is 0 Å². The maximum absolute atomic E-state index is 6.25. The minimum atomic E-state index is 0.337. The van der Waals surface area contributed by atoms with Crippen molar-refractivity contribution in [2.45, 2.75) is 6.61 Å². The number of imidazole rings is 1. The summed E-state index contributed by atoms with van der Waals surface area (Å²) in [4.78, 5) is 16.9. The van der Waals surface area contributed by atoms with E-state index in [2.05, 4.69) is 19.9 Å². The van der Waals surface area contributed by atoms with E-state index < -0.39 is 0 Å². The Hall–Kier alpha value is -2.51. The number of halogens is 1. The molecule has 0 aliphatic heterocycles. The van der Waals surface area contributed by atoms with Crippen molar-refractivity contribution < 1.29 is 4.74 Å². The molecule has 0 saturated carbocycles. The van der Waals surface area contributed by atoms with E-state index in [1.807, 2.05) is 29.6 Å². The predicted molar refractivity (Wildman–Crippen MR) is 88.1 cm³/mol. The number of rotatable bonds is 4. The second-order valence-corrected chi connectivity index (χ2v) is 6.01. The maximum atomic E-state index is 6.25. The van der Waals surface area contributed by atoms with Gasteiger partial charge >= 0.3 is 6.01 Å². The van der Waals surface area contributed by atoms with Crippen LogP contribution in [-0.4, -0.2) is 24.5 Å². The zero-order chi connectivity index (χ0) is 15.6. The Labute approximate surface area is 140 Å². The van der Waals surface area contributed by atoms with Gasteiger partial charge in [0.15, 0.2) is 5.82 Å². The van der Waals surface area contributed by atoms with E-state index in [9.17, 15) is 0 Å². The van der Waals surface area contributed by atoms with Crippen molar-refractivity contribution in [1.29, 1.82) is 0 Å². The molecule has 0 aliphatic carbocycles. The van der Waals surface area contributed by atoms with Crippen molar-refractivity contribution in [3.63, 3.8) is 0 Å². The van der Waals surface area contributed by atoms with Crippen molar-refractivity contribution in [2.75, 3.05) is 0 Å². The van der Waals surface area contributed by atoms with Crippen molar-refractivity contribution in [3.05, 3.63) is 58.4 Å². The van der Waals surface area contributed by atoms with Gasteiger partial charge in [-0.25, -0.2) is 19.5 Å². The van der Waals surface area contributed by atoms with Gasteiger partial charge in [0, 0.05) is 11.6 Å². The number of fused-ring (bicyclic) bond motifs is 1. The predicted octanol–water partition coefficient (Wildman–Crippen LogP) is 3.50. The molecule has 0 fully saturated rings. The molecule has 4 aromatic rings. The molecule has 3 aromatic heterocycles. The molecule has 114 valence electrons. The van der Waals surface area contributed by atoms with Crippen LogP contribution in [0, 0.1) is 0 Å². The minimum Gasteiger partial charge on any atom is -0.457 e. The second kappa shape index (κ2) is 5.94. The summed E-state index contributed by atoms with van der Waals surface area (Å²) >= 11 is 7.78. The SMILES string of the molecule is Clc1cncnc1-n1c(OCc2nccs2)nc2ccccc21. The Balaban J connectivity index is 1.83. The first kappa shape index (κ1) is 14.1. The molecule has 0 aliphatic rings. The Morgan fingerprint density at radius 2 is 2.13 bits per heavy atom. The number of hydrogen-bond donors (Lipinski definition) is 0. The first-order chi connectivity index (χ1) is 11.3. The summed E-state index contributed by atoms with van der Waals surface area (Å²) in [6, 6.07) is 8.13. The molecule has 23 heavy (non-hydrogen) atoms. The van der Waals surface area contributed by atoms with Crippen LogP contribution in [0.3, 0.4) is 0 Å². The van der Waals surface area contributed by atoms with Crippen LogP contribution < -0.4 is 4.74 Å². The fourth-order valence-electron chi connectivity index (χ4n) is 2.23. The molecule has 0 bridgehead atoms. The van der Waals surface area contributed by atoms with E-state index in [0.29, 0.717) is 23.5 Å². The van der Waals surface area contributed by atoms with Gasteiger partial charge < -0.3 is 4.74 Å². The molecule has 0 unspecified atom stereocenters. The highest BCUT2D eigenvalue weighted by Crippen LogP contribution is 2.28. The monoisotopic (exact) mass is 343 g/mol. The van der Waals surface area contributed by atoms with Crippen LogP contribution in [0.15, 0.2) is 48.4 Å². The van der Waals surface area contributed by atoms with Crippen molar-refractivity contribution in [2.24, 2.45) is 0 Å². The summed E-state index contributed by atoms with van der Waals surface area (Å²) < 4.78 is 7.64. The molecule has 0 spiro atoms. The third-order valence-electron chi connectivity index (χ3n) is 3.20. The summed E-state index contributed by atoms with van der Waals surface area (Å²) in [6.45, 7) is 0.337. The van der Waals surface area contributed by atoms with Gasteiger partial charge in [0.1, 0.15) is 23.0 Å². The number of hydrogen-bond acceptors (Lipinski definition) is 6. The Bertz CT molecular complexity index is 954. The highest BCUT2D eigenvalue weighted by atomic mass is 35.5. The fourth-order valence-corrected chi connectivity index (χ4v) is 2.94. The third-order valence-corrected chi connectivity index (χ3v) is 4.22. The zero-order valence-electron chi connectivity index (χ0n) is 11.8. The largest absolute Gasteiger partial charge is 0.457 e. The summed E-state index contributed by atoms with van der Waals surface area (Å²) in [5.41, 5.74) is 1.67. The summed E-state index contributed by atoms with van der Waals surface area (Å²) in [5, 5.41) is 3.20. The Morgan fingerprint density at radius 3 is 2.96 bits per heavy atom. The molecule has 0 amide bonds. The molecule has 0 radical (unpaired) electrons. The molecular weight excluding hydrogens is 334 g/mol. The average molecular weight is 344 g/mol. The van der Waals surface area contributed by atoms with Crippen LogP contribution in [0.5, 0.6) is 6.01 Å². The van der Waals surface area contributed by atoms with Gasteiger partial charge in [-0.05, 0) is 12.1 Å². The highest BCUT2D eigenvalue weighted by molar-refractivity contribution is 7.09. The number of nitrogens with zero attached hydrogens (tertiary/aromatic N) is 5. The molecule has 0 saturated heterocycles. The quantitative estimate of drug-likeness (QED) is 0.567. The van der Waals surface area contributed by atoms with Gasteiger partial charge in [-0.15, -0.1) is 11.3 Å². The molecular formula is C15H10ClN5OS. The lowest BCUT2D eigenvalue weighted by Gasteiger charge is -2.09. The molecule has 6 nitrogen and oxygen atoms in total. The second-order valence-electron chi connectivity index (χ2n) is 4.63. The van der Waals surface area contributed by atoms with Gasteiger partial charge in [0.2, 0.25) is 0 Å². The van der Waals surface area contributed by atoms with Crippen molar-refractivity contribution >= 4 is 34.0 Å². The first-order valence-corrected chi connectivity index (χ1v) is 8.03. The lowest BCUT2D eigenvalue weighted by molar-refractivity contribution is 0.277. The normalized spacial score (nSPS) is 11.0.